The molecule has 0 aliphatic carbocycles. The highest BCUT2D eigenvalue weighted by Crippen LogP contribution is 2.16. The van der Waals surface area contributed by atoms with Crippen LogP contribution in [0.25, 0.3) is 5.78 Å². The minimum Gasteiger partial charge on any atom is -0.335 e. The summed E-state index contributed by atoms with van der Waals surface area (Å²) in [6, 6.07) is 3.50. The molecule has 9 nitrogen and oxygen atoms in total. The summed E-state index contributed by atoms with van der Waals surface area (Å²) in [5.74, 6) is 6.45. The molecule has 0 aliphatic heterocycles. The van der Waals surface area contributed by atoms with E-state index in [1.165, 1.54) is 27.3 Å². The zero-order chi connectivity index (χ0) is 14.8. The second kappa shape index (κ2) is 5.69. The van der Waals surface area contributed by atoms with Gasteiger partial charge in [-0.3, -0.25) is 4.79 Å². The molecule has 0 radical (unpaired) electrons. The number of anilines is 1. The summed E-state index contributed by atoms with van der Waals surface area (Å²) < 4.78 is 3.57. The van der Waals surface area contributed by atoms with Crippen molar-refractivity contribution in [3.63, 3.8) is 0 Å². The second-order valence-electron chi connectivity index (χ2n) is 3.93. The molecular formula is C10H9BrN8OS. The largest absolute Gasteiger partial charge is 0.335 e. The summed E-state index contributed by atoms with van der Waals surface area (Å²) in [5, 5.41) is 15.0. The highest BCUT2D eigenvalue weighted by atomic mass is 79.9. The maximum atomic E-state index is 11.8. The van der Waals surface area contributed by atoms with Crippen LogP contribution in [0, 0.1) is 0 Å². The lowest BCUT2D eigenvalue weighted by Crippen LogP contribution is -2.15. The quantitative estimate of drug-likeness (QED) is 0.509. The number of halogens is 1. The number of nitrogens with zero attached hydrogens (tertiary/aromatic N) is 6. The maximum absolute atomic E-state index is 11.8. The van der Waals surface area contributed by atoms with Crippen molar-refractivity contribution in [2.75, 3.05) is 16.9 Å². The number of aromatic nitrogens is 6. The van der Waals surface area contributed by atoms with Gasteiger partial charge >= 0.3 is 0 Å². The number of nitrogens with two attached hydrogens (primary N) is 1. The van der Waals surface area contributed by atoms with E-state index < -0.39 is 0 Å². The molecule has 0 aromatic carbocycles. The molecule has 0 saturated heterocycles. The van der Waals surface area contributed by atoms with Gasteiger partial charge in [-0.1, -0.05) is 11.8 Å². The van der Waals surface area contributed by atoms with E-state index in [4.69, 9.17) is 5.84 Å². The van der Waals surface area contributed by atoms with Crippen LogP contribution in [-0.4, -0.2) is 41.1 Å². The third-order valence-corrected chi connectivity index (χ3v) is 3.83. The molecular weight excluding hydrogens is 360 g/mol. The molecule has 0 spiro atoms. The van der Waals surface area contributed by atoms with Crippen LogP contribution in [0.4, 0.5) is 5.82 Å². The van der Waals surface area contributed by atoms with E-state index in [-0.39, 0.29) is 11.7 Å². The molecule has 0 atom stereocenters. The van der Waals surface area contributed by atoms with Crippen LogP contribution in [0.2, 0.25) is 0 Å². The first kappa shape index (κ1) is 13.8. The topological polar surface area (TPSA) is 116 Å². The Morgan fingerprint density at radius 3 is 3.05 bits per heavy atom. The summed E-state index contributed by atoms with van der Waals surface area (Å²) >= 11 is 4.49. The van der Waals surface area contributed by atoms with E-state index in [1.807, 2.05) is 0 Å². The number of hydrogen-bond acceptors (Lipinski definition) is 7. The van der Waals surface area contributed by atoms with Gasteiger partial charge in [0.1, 0.15) is 12.1 Å². The van der Waals surface area contributed by atoms with Crippen molar-refractivity contribution in [1.29, 1.82) is 0 Å². The van der Waals surface area contributed by atoms with E-state index in [0.29, 0.717) is 16.8 Å². The normalized spacial score (nSPS) is 10.9. The maximum Gasteiger partial charge on any atom is 0.273 e. The predicted molar refractivity (Wildman–Crippen MR) is 80.2 cm³/mol. The first-order valence-electron chi connectivity index (χ1n) is 5.71. The Labute approximate surface area is 131 Å². The second-order valence-corrected chi connectivity index (χ2v) is 5.79. The van der Waals surface area contributed by atoms with Crippen molar-refractivity contribution < 1.29 is 4.79 Å². The number of amides is 1. The van der Waals surface area contributed by atoms with E-state index in [9.17, 15) is 4.79 Å². The molecule has 3 heterocycles. The van der Waals surface area contributed by atoms with Crippen LogP contribution < -0.4 is 11.2 Å². The predicted octanol–water partition coefficient (Wildman–Crippen LogP) is 0.528. The molecule has 21 heavy (non-hydrogen) atoms. The number of fused-ring (bicyclic) bond motifs is 1. The van der Waals surface area contributed by atoms with Gasteiger partial charge in [0.2, 0.25) is 11.1 Å². The Bertz CT molecular complexity index is 782. The number of carbonyl (C=O) groups is 1. The van der Waals surface area contributed by atoms with Gasteiger partial charge in [-0.05, 0) is 28.1 Å². The standard InChI is InChI=1S/C10H9BrN8OS/c11-6-1-2-7(13-3-6)15-8(20)4-21-10-17-16-9-18(12)5-14-19(9)10/h1-3,5H,4,12H2,(H,13,15,20). The Balaban J connectivity index is 1.62. The van der Waals surface area contributed by atoms with Gasteiger partial charge in [-0.2, -0.15) is 9.61 Å². The number of nitrogen functional groups attached to an aromatic ring is 1. The minimum atomic E-state index is -0.196. The number of carbonyl (C=O) groups excluding carboxylic acids is 1. The van der Waals surface area contributed by atoms with Gasteiger partial charge < -0.3 is 11.2 Å². The molecule has 0 saturated carbocycles. The number of hydrogen-bond donors (Lipinski definition) is 2. The van der Waals surface area contributed by atoms with Gasteiger partial charge in [0.05, 0.1) is 5.75 Å². The minimum absolute atomic E-state index is 0.163. The first-order chi connectivity index (χ1) is 10.1. The molecule has 0 bridgehead atoms. The zero-order valence-corrected chi connectivity index (χ0v) is 12.9. The van der Waals surface area contributed by atoms with Crippen LogP contribution in [-0.2, 0) is 4.79 Å². The molecule has 0 aliphatic rings. The average molecular weight is 369 g/mol. The van der Waals surface area contributed by atoms with E-state index >= 15 is 0 Å². The first-order valence-corrected chi connectivity index (χ1v) is 7.49. The summed E-state index contributed by atoms with van der Waals surface area (Å²) in [6.07, 6.45) is 3.03. The number of nitrogens with one attached hydrogen (secondary N) is 1. The highest BCUT2D eigenvalue weighted by molar-refractivity contribution is 9.10. The monoisotopic (exact) mass is 368 g/mol. The Hall–Kier alpha value is -2.14. The van der Waals surface area contributed by atoms with Crippen LogP contribution in [0.5, 0.6) is 0 Å². The third kappa shape index (κ3) is 2.97. The van der Waals surface area contributed by atoms with Crippen LogP contribution >= 0.6 is 27.7 Å². The third-order valence-electron chi connectivity index (χ3n) is 2.45. The highest BCUT2D eigenvalue weighted by Gasteiger charge is 2.12. The molecule has 3 aromatic rings. The Kier molecular flexibility index (Phi) is 3.75. The fourth-order valence-electron chi connectivity index (χ4n) is 1.53. The molecule has 1 amide bonds. The van der Waals surface area contributed by atoms with E-state index in [0.717, 1.165) is 4.47 Å². The van der Waals surface area contributed by atoms with Gasteiger partial charge in [0.15, 0.2) is 0 Å². The van der Waals surface area contributed by atoms with Gasteiger partial charge in [0.25, 0.3) is 5.78 Å². The lowest BCUT2D eigenvalue weighted by atomic mass is 10.4. The van der Waals surface area contributed by atoms with Crippen LogP contribution in [0.15, 0.2) is 34.3 Å². The summed E-state index contributed by atoms with van der Waals surface area (Å²) in [4.78, 5) is 15.9. The summed E-state index contributed by atoms with van der Waals surface area (Å²) in [7, 11) is 0. The lowest BCUT2D eigenvalue weighted by Gasteiger charge is -2.03. The van der Waals surface area contributed by atoms with E-state index in [1.54, 1.807) is 18.3 Å². The number of thioether (sulfide) groups is 1. The van der Waals surface area contributed by atoms with E-state index in [2.05, 4.69) is 41.5 Å². The van der Waals surface area contributed by atoms with Gasteiger partial charge in [0, 0.05) is 10.7 Å². The van der Waals surface area contributed by atoms with Crippen molar-refractivity contribution in [3.05, 3.63) is 29.1 Å². The fraction of sp³-hybridized carbons (Fsp3) is 0.100. The van der Waals surface area contributed by atoms with Crippen molar-refractivity contribution >= 4 is 45.2 Å². The number of pyridine rings is 1. The van der Waals surface area contributed by atoms with Gasteiger partial charge in [-0.15, -0.1) is 10.2 Å². The molecule has 3 rings (SSSR count). The molecule has 0 unspecified atom stereocenters. The van der Waals surface area contributed by atoms with Crippen LogP contribution in [0.3, 0.4) is 0 Å². The smallest absolute Gasteiger partial charge is 0.273 e. The zero-order valence-electron chi connectivity index (χ0n) is 10.5. The van der Waals surface area contributed by atoms with Crippen molar-refractivity contribution in [2.24, 2.45) is 0 Å². The van der Waals surface area contributed by atoms with Gasteiger partial charge in [-0.25, -0.2) is 9.66 Å². The Morgan fingerprint density at radius 1 is 1.43 bits per heavy atom. The molecule has 0 fully saturated rings. The fourth-order valence-corrected chi connectivity index (χ4v) is 2.44. The van der Waals surface area contributed by atoms with Crippen molar-refractivity contribution in [3.8, 4) is 0 Å². The van der Waals surface area contributed by atoms with Crippen molar-refractivity contribution in [1.82, 2.24) is 29.5 Å². The SMILES string of the molecule is Nn1cnn2c(SCC(=O)Nc3ccc(Br)cn3)nnc12. The summed E-state index contributed by atoms with van der Waals surface area (Å²) in [6.45, 7) is 0. The molecule has 3 aromatic heterocycles. The number of rotatable bonds is 4. The molecule has 108 valence electrons. The lowest BCUT2D eigenvalue weighted by molar-refractivity contribution is -0.113. The van der Waals surface area contributed by atoms with Crippen molar-refractivity contribution in [2.45, 2.75) is 5.16 Å². The summed E-state index contributed by atoms with van der Waals surface area (Å²) in [5.41, 5.74) is 0. The Morgan fingerprint density at radius 2 is 2.29 bits per heavy atom. The van der Waals surface area contributed by atoms with Crippen LogP contribution in [0.1, 0.15) is 0 Å². The molecule has 11 heteroatoms. The molecule has 3 N–H and O–H groups in total. The average Bonchev–Trinajstić information content (AvgIpc) is 3.03.